The van der Waals surface area contributed by atoms with Crippen LogP contribution in [0.2, 0.25) is 0 Å². The van der Waals surface area contributed by atoms with Crippen LogP contribution in [0.15, 0.2) is 152 Å². The first kappa shape index (κ1) is 26.8. The van der Waals surface area contributed by atoms with Crippen molar-refractivity contribution >= 4 is 61.4 Å². The number of rotatable bonds is 4. The number of nitrogens with one attached hydrogen (secondary N) is 2. The minimum Gasteiger partial charge on any atom is -0.458 e. The van der Waals surface area contributed by atoms with Gasteiger partial charge in [-0.05, 0) is 58.4 Å². The third-order valence-electron chi connectivity index (χ3n) is 9.37. The highest BCUT2D eigenvalue weighted by molar-refractivity contribution is 6.20. The van der Waals surface area contributed by atoms with Gasteiger partial charge < -0.3 is 19.5 Å². The lowest BCUT2D eigenvalue weighted by Gasteiger charge is -2.24. The van der Waals surface area contributed by atoms with Crippen molar-refractivity contribution in [3.63, 3.8) is 0 Å². The van der Waals surface area contributed by atoms with Gasteiger partial charge in [-0.15, -0.1) is 0 Å². The van der Waals surface area contributed by atoms with E-state index < -0.39 is 0 Å². The molecule has 0 fully saturated rings. The molecular weight excluding hydrogens is 592 g/mol. The molecule has 2 N–H and O–H groups in total. The fourth-order valence-corrected chi connectivity index (χ4v) is 7.07. The molecule has 6 nitrogen and oxygen atoms in total. The molecule has 4 heterocycles. The van der Waals surface area contributed by atoms with Gasteiger partial charge in [-0.3, -0.25) is 0 Å². The first-order valence-electron chi connectivity index (χ1n) is 16.1. The van der Waals surface area contributed by atoms with Crippen LogP contribution in [0.25, 0.3) is 60.9 Å². The van der Waals surface area contributed by atoms with Crippen molar-refractivity contribution in [2.75, 3.05) is 0 Å². The molecule has 0 aliphatic carbocycles. The highest BCUT2D eigenvalue weighted by atomic mass is 16.3. The molecule has 228 valence electrons. The maximum absolute atomic E-state index is 6.56. The Kier molecular flexibility index (Phi) is 5.90. The number of nitrogens with zero attached hydrogens (tertiary/aromatic N) is 2. The molecule has 0 saturated carbocycles. The number of benzene rings is 6. The maximum atomic E-state index is 6.56. The van der Waals surface area contributed by atoms with Crippen molar-refractivity contribution in [1.29, 1.82) is 0 Å². The first-order chi connectivity index (χ1) is 23.8. The molecule has 2 aromatic heterocycles. The summed E-state index contributed by atoms with van der Waals surface area (Å²) in [5, 5.41) is 12.5. The summed E-state index contributed by atoms with van der Waals surface area (Å²) in [7, 11) is 0. The Balaban J connectivity index is 1.23. The van der Waals surface area contributed by atoms with Crippen LogP contribution in [0.3, 0.4) is 0 Å². The van der Waals surface area contributed by atoms with Gasteiger partial charge in [0.25, 0.3) is 0 Å². The molecule has 0 radical (unpaired) electrons. The molecule has 1 unspecified atom stereocenters. The van der Waals surface area contributed by atoms with E-state index in [2.05, 4.69) is 108 Å². The number of hydrogen-bond donors (Lipinski definition) is 2. The summed E-state index contributed by atoms with van der Waals surface area (Å²) in [5.74, 6) is 2.30. The van der Waals surface area contributed by atoms with Crippen LogP contribution < -0.4 is 10.6 Å². The smallest absolute Gasteiger partial charge is 0.160 e. The minimum absolute atomic E-state index is 0.336. The molecular formula is C42H28N4O2. The number of amidine groups is 2. The van der Waals surface area contributed by atoms with E-state index in [4.69, 9.17) is 18.8 Å². The van der Waals surface area contributed by atoms with Gasteiger partial charge in [0.15, 0.2) is 5.84 Å². The van der Waals surface area contributed by atoms with Crippen LogP contribution in [0.4, 0.5) is 0 Å². The second kappa shape index (κ2) is 10.6. The monoisotopic (exact) mass is 620 g/mol. The summed E-state index contributed by atoms with van der Waals surface area (Å²) in [5.41, 5.74) is 8.48. The SMILES string of the molecule is C1=Cc2c(oc3cc(-c4cccc5c4oc4ccccc45)cc(C4=NC(c5ccccc5)NC(c5ccc6ccccc6c5)=N4)c23)CN1. The van der Waals surface area contributed by atoms with Gasteiger partial charge >= 0.3 is 0 Å². The van der Waals surface area contributed by atoms with E-state index in [9.17, 15) is 0 Å². The number of aliphatic imine (C=N–C) groups is 2. The van der Waals surface area contributed by atoms with Gasteiger partial charge in [-0.1, -0.05) is 103 Å². The highest BCUT2D eigenvalue weighted by Crippen LogP contribution is 2.40. The second-order valence-corrected chi connectivity index (χ2v) is 12.3. The topological polar surface area (TPSA) is 75.1 Å². The van der Waals surface area contributed by atoms with Crippen LogP contribution in [-0.4, -0.2) is 11.7 Å². The molecule has 0 saturated heterocycles. The van der Waals surface area contributed by atoms with Crippen molar-refractivity contribution in [3.8, 4) is 11.1 Å². The lowest BCUT2D eigenvalue weighted by molar-refractivity contribution is 0.532. The van der Waals surface area contributed by atoms with Crippen molar-refractivity contribution in [2.45, 2.75) is 12.7 Å². The summed E-state index contributed by atoms with van der Waals surface area (Å²) in [4.78, 5) is 10.6. The zero-order valence-electron chi connectivity index (χ0n) is 25.8. The number of fused-ring (bicyclic) bond motifs is 7. The third-order valence-corrected chi connectivity index (χ3v) is 9.37. The molecule has 0 spiro atoms. The second-order valence-electron chi connectivity index (χ2n) is 12.3. The summed E-state index contributed by atoms with van der Waals surface area (Å²) in [6, 6.07) is 44.0. The van der Waals surface area contributed by atoms with Gasteiger partial charge in [0.1, 0.15) is 34.5 Å². The van der Waals surface area contributed by atoms with Crippen LogP contribution >= 0.6 is 0 Å². The van der Waals surface area contributed by atoms with E-state index in [1.54, 1.807) is 0 Å². The predicted molar refractivity (Wildman–Crippen MR) is 194 cm³/mol. The number of hydrogen-bond acceptors (Lipinski definition) is 6. The van der Waals surface area contributed by atoms with Gasteiger partial charge in [0.2, 0.25) is 0 Å². The third kappa shape index (κ3) is 4.27. The Labute approximate surface area is 275 Å². The van der Waals surface area contributed by atoms with Gasteiger partial charge in [-0.2, -0.15) is 0 Å². The first-order valence-corrected chi connectivity index (χ1v) is 16.1. The van der Waals surface area contributed by atoms with Crippen LogP contribution in [-0.2, 0) is 6.54 Å². The van der Waals surface area contributed by atoms with E-state index in [1.807, 2.05) is 42.6 Å². The fraction of sp³-hybridized carbons (Fsp3) is 0.0476. The fourth-order valence-electron chi connectivity index (χ4n) is 7.07. The largest absolute Gasteiger partial charge is 0.458 e. The van der Waals surface area contributed by atoms with Gasteiger partial charge in [0.05, 0.1) is 6.54 Å². The summed E-state index contributed by atoms with van der Waals surface area (Å²) < 4.78 is 13.0. The lowest BCUT2D eigenvalue weighted by Crippen LogP contribution is -2.33. The Morgan fingerprint density at radius 3 is 2.42 bits per heavy atom. The highest BCUT2D eigenvalue weighted by Gasteiger charge is 2.27. The molecule has 6 heteroatoms. The van der Waals surface area contributed by atoms with E-state index in [1.165, 1.54) is 5.39 Å². The summed E-state index contributed by atoms with van der Waals surface area (Å²) >= 11 is 0. The average Bonchev–Trinajstić information content (AvgIpc) is 3.73. The molecule has 8 aromatic rings. The standard InChI is InChI=1S/C42H28N4O2/c1-2-10-26(11-3-1)40-44-41(28-18-17-25-9-4-5-12-27(25)21-28)46-42(45-40)34-22-29(23-36-38(34)33-19-20-43-24-37(33)47-36)30-14-8-15-32-31-13-6-7-16-35(31)48-39(30)32/h1-23,40,43H,24H2,(H,44,45,46). The number of furan rings is 2. The Bertz CT molecular complexity index is 2660. The van der Waals surface area contributed by atoms with E-state index in [0.717, 1.165) is 83.3 Å². The van der Waals surface area contributed by atoms with E-state index in [-0.39, 0.29) is 6.17 Å². The van der Waals surface area contributed by atoms with Crippen molar-refractivity contribution in [3.05, 3.63) is 162 Å². The Morgan fingerprint density at radius 1 is 0.646 bits per heavy atom. The van der Waals surface area contributed by atoms with E-state index in [0.29, 0.717) is 12.4 Å². The number of para-hydroxylation sites is 2. The Hall–Kier alpha value is -6.40. The van der Waals surface area contributed by atoms with Crippen LogP contribution in [0.5, 0.6) is 0 Å². The summed E-state index contributed by atoms with van der Waals surface area (Å²) in [6.45, 7) is 0.612. The lowest BCUT2D eigenvalue weighted by atomic mass is 9.95. The quantitative estimate of drug-likeness (QED) is 0.205. The van der Waals surface area contributed by atoms with Gasteiger partial charge in [0, 0.05) is 38.4 Å². The van der Waals surface area contributed by atoms with Crippen LogP contribution in [0.1, 0.15) is 34.2 Å². The zero-order valence-corrected chi connectivity index (χ0v) is 25.8. The molecule has 10 rings (SSSR count). The van der Waals surface area contributed by atoms with Crippen molar-refractivity contribution < 1.29 is 8.83 Å². The van der Waals surface area contributed by atoms with E-state index >= 15 is 0 Å². The van der Waals surface area contributed by atoms with Crippen molar-refractivity contribution in [1.82, 2.24) is 10.6 Å². The summed E-state index contributed by atoms with van der Waals surface area (Å²) in [6.07, 6.45) is 3.72. The molecule has 6 aromatic carbocycles. The van der Waals surface area contributed by atoms with Gasteiger partial charge in [-0.25, -0.2) is 9.98 Å². The molecule has 2 aliphatic heterocycles. The normalized spacial score (nSPS) is 15.7. The maximum Gasteiger partial charge on any atom is 0.160 e. The average molecular weight is 621 g/mol. The predicted octanol–water partition coefficient (Wildman–Crippen LogP) is 9.72. The minimum atomic E-state index is -0.336. The molecule has 2 aliphatic rings. The molecule has 48 heavy (non-hydrogen) atoms. The van der Waals surface area contributed by atoms with Crippen molar-refractivity contribution in [2.24, 2.45) is 9.98 Å². The molecule has 0 amide bonds. The molecule has 1 atom stereocenters. The molecule has 0 bridgehead atoms. The van der Waals surface area contributed by atoms with Crippen LogP contribution in [0, 0.1) is 0 Å². The zero-order chi connectivity index (χ0) is 31.6. The Morgan fingerprint density at radius 2 is 1.48 bits per heavy atom.